The summed E-state index contributed by atoms with van der Waals surface area (Å²) in [5, 5.41) is 6.23. The van der Waals surface area contributed by atoms with Crippen molar-refractivity contribution in [3.63, 3.8) is 0 Å². The number of carbonyl (C=O) groups excluding carboxylic acids is 2. The summed E-state index contributed by atoms with van der Waals surface area (Å²) in [6.45, 7) is 17.9. The number of hydrogen-bond donors (Lipinski definition) is 2. The van der Waals surface area contributed by atoms with E-state index in [1.165, 1.54) is 0 Å². The van der Waals surface area contributed by atoms with Crippen molar-refractivity contribution in [2.45, 2.75) is 53.0 Å². The average Bonchev–Trinajstić information content (AvgIpc) is 2.79. The van der Waals surface area contributed by atoms with E-state index in [0.29, 0.717) is 31.6 Å². The molecule has 8 nitrogen and oxygen atoms in total. The summed E-state index contributed by atoms with van der Waals surface area (Å²) in [5.41, 5.74) is 0. The monoisotopic (exact) mass is 439 g/mol. The molecule has 0 radical (unpaired) electrons. The number of urea groups is 1. The standard InChI is InChI=1S/C23H45N5O3/c1-5-26(6-2)11-7-10-24-22(29)20-8-12-28(13-9-20)23(30)25-18-21(19(3)4)27-14-16-31-17-15-27/h19-21H,5-18H2,1-4H3,(H,24,29)(H,25,30). The predicted octanol–water partition coefficient (Wildman–Crippen LogP) is 1.61. The lowest BCUT2D eigenvalue weighted by Crippen LogP contribution is -2.53. The molecular formula is C23H45N5O3. The van der Waals surface area contributed by atoms with Gasteiger partial charge in [-0.2, -0.15) is 0 Å². The Kier molecular flexibility index (Phi) is 11.6. The van der Waals surface area contributed by atoms with Crippen molar-refractivity contribution in [3.05, 3.63) is 0 Å². The molecule has 2 saturated heterocycles. The summed E-state index contributed by atoms with van der Waals surface area (Å²) >= 11 is 0. The van der Waals surface area contributed by atoms with Gasteiger partial charge in [0.2, 0.25) is 5.91 Å². The van der Waals surface area contributed by atoms with E-state index in [1.54, 1.807) is 0 Å². The molecule has 180 valence electrons. The maximum absolute atomic E-state index is 12.7. The summed E-state index contributed by atoms with van der Waals surface area (Å²) < 4.78 is 5.46. The van der Waals surface area contributed by atoms with Crippen LogP contribution in [0.1, 0.15) is 47.0 Å². The molecule has 8 heteroatoms. The number of hydrogen-bond acceptors (Lipinski definition) is 5. The van der Waals surface area contributed by atoms with Gasteiger partial charge in [0.15, 0.2) is 0 Å². The Labute approximate surface area is 189 Å². The van der Waals surface area contributed by atoms with Gasteiger partial charge in [-0.3, -0.25) is 9.69 Å². The van der Waals surface area contributed by atoms with E-state index in [2.05, 4.69) is 48.1 Å². The highest BCUT2D eigenvalue weighted by molar-refractivity contribution is 5.79. The lowest BCUT2D eigenvalue weighted by Gasteiger charge is -2.38. The fraction of sp³-hybridized carbons (Fsp3) is 0.913. The lowest BCUT2D eigenvalue weighted by molar-refractivity contribution is -0.126. The van der Waals surface area contributed by atoms with Crippen LogP contribution in [0.15, 0.2) is 0 Å². The minimum Gasteiger partial charge on any atom is -0.379 e. The van der Waals surface area contributed by atoms with Crippen LogP contribution in [0, 0.1) is 11.8 Å². The predicted molar refractivity (Wildman–Crippen MR) is 124 cm³/mol. The van der Waals surface area contributed by atoms with Gasteiger partial charge in [0.05, 0.1) is 13.2 Å². The van der Waals surface area contributed by atoms with Gasteiger partial charge in [-0.1, -0.05) is 27.7 Å². The number of morpholine rings is 1. The normalized spacial score (nSPS) is 19.6. The third-order valence-corrected chi connectivity index (χ3v) is 6.74. The number of rotatable bonds is 11. The van der Waals surface area contributed by atoms with Crippen LogP contribution in [0.5, 0.6) is 0 Å². The second-order valence-electron chi connectivity index (χ2n) is 9.08. The molecular weight excluding hydrogens is 394 g/mol. The number of amides is 3. The first-order chi connectivity index (χ1) is 15.0. The number of likely N-dealkylation sites (tertiary alicyclic amines) is 1. The molecule has 1 atom stereocenters. The van der Waals surface area contributed by atoms with Crippen molar-refractivity contribution < 1.29 is 14.3 Å². The molecule has 2 aliphatic heterocycles. The Bertz CT molecular complexity index is 527. The van der Waals surface area contributed by atoms with Gasteiger partial charge in [0.1, 0.15) is 0 Å². The van der Waals surface area contributed by atoms with Crippen LogP contribution in [-0.2, 0) is 9.53 Å². The zero-order chi connectivity index (χ0) is 22.6. The third-order valence-electron chi connectivity index (χ3n) is 6.74. The van der Waals surface area contributed by atoms with Crippen LogP contribution in [0.4, 0.5) is 4.79 Å². The molecule has 0 spiro atoms. The van der Waals surface area contributed by atoms with E-state index >= 15 is 0 Å². The molecule has 0 saturated carbocycles. The first kappa shape index (κ1) is 25.9. The number of piperidine rings is 1. The van der Waals surface area contributed by atoms with E-state index in [1.807, 2.05) is 4.90 Å². The van der Waals surface area contributed by atoms with E-state index in [-0.39, 0.29) is 17.9 Å². The van der Waals surface area contributed by atoms with Crippen LogP contribution < -0.4 is 10.6 Å². The molecule has 2 heterocycles. The highest BCUT2D eigenvalue weighted by Crippen LogP contribution is 2.18. The second-order valence-corrected chi connectivity index (χ2v) is 9.08. The topological polar surface area (TPSA) is 77.2 Å². The first-order valence-corrected chi connectivity index (χ1v) is 12.3. The van der Waals surface area contributed by atoms with Crippen LogP contribution in [0.25, 0.3) is 0 Å². The molecule has 2 fully saturated rings. The summed E-state index contributed by atoms with van der Waals surface area (Å²) in [5.74, 6) is 0.635. The Morgan fingerprint density at radius 3 is 2.26 bits per heavy atom. The summed E-state index contributed by atoms with van der Waals surface area (Å²) in [6, 6.07) is 0.324. The minimum absolute atomic E-state index is 0.00279. The Morgan fingerprint density at radius 2 is 1.68 bits per heavy atom. The van der Waals surface area contributed by atoms with Crippen molar-refractivity contribution in [2.24, 2.45) is 11.8 Å². The van der Waals surface area contributed by atoms with Crippen LogP contribution in [-0.4, -0.2) is 105 Å². The second kappa shape index (κ2) is 13.9. The number of carbonyl (C=O) groups is 2. The third kappa shape index (κ3) is 8.58. The zero-order valence-corrected chi connectivity index (χ0v) is 20.2. The molecule has 31 heavy (non-hydrogen) atoms. The van der Waals surface area contributed by atoms with Crippen LogP contribution in [0.2, 0.25) is 0 Å². The highest BCUT2D eigenvalue weighted by Gasteiger charge is 2.29. The molecule has 0 aromatic heterocycles. The molecule has 1 unspecified atom stereocenters. The van der Waals surface area contributed by atoms with Crippen LogP contribution in [0.3, 0.4) is 0 Å². The molecule has 2 aliphatic rings. The van der Waals surface area contributed by atoms with Crippen molar-refractivity contribution in [2.75, 3.05) is 72.1 Å². The molecule has 3 amide bonds. The van der Waals surface area contributed by atoms with Gasteiger partial charge in [-0.05, 0) is 44.8 Å². The maximum Gasteiger partial charge on any atom is 0.317 e. The summed E-state index contributed by atoms with van der Waals surface area (Å²) in [7, 11) is 0. The molecule has 0 aromatic rings. The fourth-order valence-corrected chi connectivity index (χ4v) is 4.54. The van der Waals surface area contributed by atoms with Gasteiger partial charge >= 0.3 is 6.03 Å². The van der Waals surface area contributed by atoms with Gasteiger partial charge in [0, 0.05) is 51.2 Å². The largest absolute Gasteiger partial charge is 0.379 e. The first-order valence-electron chi connectivity index (χ1n) is 12.3. The average molecular weight is 440 g/mol. The number of nitrogens with zero attached hydrogens (tertiary/aromatic N) is 3. The summed E-state index contributed by atoms with van der Waals surface area (Å²) in [6.07, 6.45) is 2.47. The number of nitrogens with one attached hydrogen (secondary N) is 2. The maximum atomic E-state index is 12.7. The SMILES string of the molecule is CCN(CC)CCCNC(=O)C1CCN(C(=O)NCC(C(C)C)N2CCOCC2)CC1. The molecule has 0 bridgehead atoms. The quantitative estimate of drug-likeness (QED) is 0.479. The van der Waals surface area contributed by atoms with Crippen molar-refractivity contribution in [3.8, 4) is 0 Å². The Morgan fingerprint density at radius 1 is 1.03 bits per heavy atom. The molecule has 0 aromatic carbocycles. The minimum atomic E-state index is -0.00279. The molecule has 2 rings (SSSR count). The summed E-state index contributed by atoms with van der Waals surface area (Å²) in [4.78, 5) is 31.8. The van der Waals surface area contributed by atoms with E-state index in [9.17, 15) is 9.59 Å². The van der Waals surface area contributed by atoms with Gasteiger partial charge in [-0.25, -0.2) is 4.79 Å². The van der Waals surface area contributed by atoms with E-state index in [4.69, 9.17) is 4.74 Å². The van der Waals surface area contributed by atoms with Crippen LogP contribution >= 0.6 is 0 Å². The zero-order valence-electron chi connectivity index (χ0n) is 20.2. The van der Waals surface area contributed by atoms with Crippen molar-refractivity contribution in [1.82, 2.24) is 25.3 Å². The molecule has 0 aliphatic carbocycles. The van der Waals surface area contributed by atoms with Gasteiger partial charge < -0.3 is 25.2 Å². The smallest absolute Gasteiger partial charge is 0.317 e. The van der Waals surface area contributed by atoms with E-state index in [0.717, 1.165) is 71.7 Å². The van der Waals surface area contributed by atoms with Crippen molar-refractivity contribution >= 4 is 11.9 Å². The van der Waals surface area contributed by atoms with E-state index < -0.39 is 0 Å². The highest BCUT2D eigenvalue weighted by atomic mass is 16.5. The van der Waals surface area contributed by atoms with Gasteiger partial charge in [-0.15, -0.1) is 0 Å². The van der Waals surface area contributed by atoms with Crippen molar-refractivity contribution in [1.29, 1.82) is 0 Å². The molecule has 2 N–H and O–H groups in total. The Hall–Kier alpha value is -1.38. The lowest BCUT2D eigenvalue weighted by atomic mass is 9.96. The fourth-order valence-electron chi connectivity index (χ4n) is 4.54. The Balaban J connectivity index is 1.66. The van der Waals surface area contributed by atoms with Gasteiger partial charge in [0.25, 0.3) is 0 Å². The number of ether oxygens (including phenoxy) is 1.